The Morgan fingerprint density at radius 3 is 2.57 bits per heavy atom. The second kappa shape index (κ2) is 7.08. The minimum Gasteiger partial charge on any atom is -0.479 e. The molecule has 1 aromatic carbocycles. The minimum absolute atomic E-state index is 0.0577. The molecule has 2 rings (SSSR count). The number of hydrogen-bond donors (Lipinski definition) is 3. The Bertz CT molecular complexity index is 486. The first-order chi connectivity index (χ1) is 10.1. The molecule has 0 radical (unpaired) electrons. The first kappa shape index (κ1) is 15.3. The zero-order valence-corrected chi connectivity index (χ0v) is 11.9. The number of benzene rings is 1. The molecule has 6 nitrogen and oxygen atoms in total. The Hall–Kier alpha value is -2.08. The lowest BCUT2D eigenvalue weighted by molar-refractivity contribution is -0.139. The van der Waals surface area contributed by atoms with E-state index in [1.165, 1.54) is 0 Å². The summed E-state index contributed by atoms with van der Waals surface area (Å²) in [4.78, 5) is 23.3. The van der Waals surface area contributed by atoms with E-state index in [0.29, 0.717) is 18.8 Å². The molecule has 1 fully saturated rings. The molecule has 21 heavy (non-hydrogen) atoms. The summed E-state index contributed by atoms with van der Waals surface area (Å²) in [6, 6.07) is 7.03. The molecule has 3 atom stereocenters. The maximum atomic E-state index is 12.0. The van der Waals surface area contributed by atoms with Crippen LogP contribution in [0, 0.1) is 5.92 Å². The van der Waals surface area contributed by atoms with Crippen molar-refractivity contribution in [3.8, 4) is 0 Å². The number of carbonyl (C=O) groups is 2. The average molecular weight is 292 g/mol. The van der Waals surface area contributed by atoms with Gasteiger partial charge in [-0.1, -0.05) is 30.3 Å². The van der Waals surface area contributed by atoms with Crippen molar-refractivity contribution in [1.82, 2.24) is 10.6 Å². The van der Waals surface area contributed by atoms with Crippen LogP contribution in [0.2, 0.25) is 0 Å². The van der Waals surface area contributed by atoms with Gasteiger partial charge in [0.25, 0.3) is 0 Å². The third-order valence-electron chi connectivity index (χ3n) is 3.69. The standard InChI is InChI=1S/C15H20N2O4/c1-10(12-7-8-21-9-12)16-15(20)17-13(14(18)19)11-5-3-2-4-6-11/h2-6,10,12-13H,7-9H2,1H3,(H,18,19)(H2,16,17,20). The summed E-state index contributed by atoms with van der Waals surface area (Å²) >= 11 is 0. The van der Waals surface area contributed by atoms with Gasteiger partial charge in [-0.2, -0.15) is 0 Å². The largest absolute Gasteiger partial charge is 0.479 e. The summed E-state index contributed by atoms with van der Waals surface area (Å²) in [5.41, 5.74) is 0.539. The molecule has 3 N–H and O–H groups in total. The summed E-state index contributed by atoms with van der Waals surface area (Å²) in [5.74, 6) is -0.816. The Morgan fingerprint density at radius 2 is 2.00 bits per heavy atom. The first-order valence-corrected chi connectivity index (χ1v) is 7.00. The van der Waals surface area contributed by atoms with Gasteiger partial charge in [0, 0.05) is 18.6 Å². The van der Waals surface area contributed by atoms with E-state index in [9.17, 15) is 14.7 Å². The van der Waals surface area contributed by atoms with Gasteiger partial charge in [0.2, 0.25) is 0 Å². The fourth-order valence-corrected chi connectivity index (χ4v) is 2.38. The quantitative estimate of drug-likeness (QED) is 0.768. The number of nitrogens with one attached hydrogen (secondary N) is 2. The van der Waals surface area contributed by atoms with Crippen molar-refractivity contribution >= 4 is 12.0 Å². The van der Waals surface area contributed by atoms with Gasteiger partial charge < -0.3 is 20.5 Å². The molecule has 114 valence electrons. The number of carbonyl (C=O) groups excluding carboxylic acids is 1. The number of hydrogen-bond acceptors (Lipinski definition) is 3. The number of aliphatic carboxylic acids is 1. The van der Waals surface area contributed by atoms with Crippen molar-refractivity contribution in [3.05, 3.63) is 35.9 Å². The normalized spacial score (nSPS) is 20.5. The maximum absolute atomic E-state index is 12.0. The highest BCUT2D eigenvalue weighted by Crippen LogP contribution is 2.17. The van der Waals surface area contributed by atoms with Crippen molar-refractivity contribution in [2.75, 3.05) is 13.2 Å². The highest BCUT2D eigenvalue weighted by atomic mass is 16.5. The lowest BCUT2D eigenvalue weighted by atomic mass is 10.0. The van der Waals surface area contributed by atoms with Gasteiger partial charge in [-0.25, -0.2) is 9.59 Å². The van der Waals surface area contributed by atoms with Gasteiger partial charge in [0.05, 0.1) is 6.61 Å². The van der Waals surface area contributed by atoms with Crippen LogP contribution in [-0.4, -0.2) is 36.4 Å². The average Bonchev–Trinajstić information content (AvgIpc) is 2.99. The number of rotatable bonds is 5. The molecule has 1 aliphatic rings. The maximum Gasteiger partial charge on any atom is 0.330 e. The zero-order valence-electron chi connectivity index (χ0n) is 11.9. The third kappa shape index (κ3) is 4.19. The van der Waals surface area contributed by atoms with Crippen molar-refractivity contribution < 1.29 is 19.4 Å². The number of urea groups is 1. The molecule has 0 saturated carbocycles. The molecule has 1 aliphatic heterocycles. The van der Waals surface area contributed by atoms with Gasteiger partial charge in [-0.15, -0.1) is 0 Å². The van der Waals surface area contributed by atoms with E-state index in [1.54, 1.807) is 30.3 Å². The van der Waals surface area contributed by atoms with Crippen LogP contribution in [0.1, 0.15) is 24.9 Å². The number of carboxylic acid groups (broad SMARTS) is 1. The third-order valence-corrected chi connectivity index (χ3v) is 3.69. The van der Waals surface area contributed by atoms with E-state index in [4.69, 9.17) is 4.74 Å². The Labute approximate surface area is 123 Å². The first-order valence-electron chi connectivity index (χ1n) is 7.00. The molecule has 0 bridgehead atoms. The van der Waals surface area contributed by atoms with Crippen LogP contribution in [-0.2, 0) is 9.53 Å². The molecular weight excluding hydrogens is 272 g/mol. The fraction of sp³-hybridized carbons (Fsp3) is 0.467. The monoisotopic (exact) mass is 292 g/mol. The molecule has 2 amide bonds. The fourth-order valence-electron chi connectivity index (χ4n) is 2.38. The van der Waals surface area contributed by atoms with Crippen LogP contribution in [0.4, 0.5) is 4.79 Å². The van der Waals surface area contributed by atoms with E-state index in [0.717, 1.165) is 6.42 Å². The molecule has 1 saturated heterocycles. The van der Waals surface area contributed by atoms with Crippen molar-refractivity contribution in [2.45, 2.75) is 25.4 Å². The Kier molecular flexibility index (Phi) is 5.16. The van der Waals surface area contributed by atoms with E-state index in [1.807, 2.05) is 6.92 Å². The highest BCUT2D eigenvalue weighted by Gasteiger charge is 2.26. The SMILES string of the molecule is CC(NC(=O)NC(C(=O)O)c1ccccc1)C1CCOC1. The summed E-state index contributed by atoms with van der Waals surface area (Å²) in [5, 5.41) is 14.5. The van der Waals surface area contributed by atoms with E-state index in [2.05, 4.69) is 10.6 Å². The number of amides is 2. The van der Waals surface area contributed by atoms with E-state index < -0.39 is 18.0 Å². The van der Waals surface area contributed by atoms with Gasteiger partial charge in [-0.3, -0.25) is 0 Å². The lowest BCUT2D eigenvalue weighted by Gasteiger charge is -2.21. The summed E-state index contributed by atoms with van der Waals surface area (Å²) < 4.78 is 5.28. The molecule has 3 unspecified atom stereocenters. The Balaban J connectivity index is 1.94. The van der Waals surface area contributed by atoms with Crippen LogP contribution in [0.3, 0.4) is 0 Å². The number of ether oxygens (including phenoxy) is 1. The predicted molar refractivity (Wildman–Crippen MR) is 76.9 cm³/mol. The lowest BCUT2D eigenvalue weighted by Crippen LogP contribution is -2.46. The predicted octanol–water partition coefficient (Wildman–Crippen LogP) is 1.54. The van der Waals surface area contributed by atoms with Crippen LogP contribution in [0.25, 0.3) is 0 Å². The van der Waals surface area contributed by atoms with Gasteiger partial charge in [0.15, 0.2) is 6.04 Å². The van der Waals surface area contributed by atoms with Crippen LogP contribution < -0.4 is 10.6 Å². The molecular formula is C15H20N2O4. The molecule has 0 spiro atoms. The molecule has 0 aromatic heterocycles. The highest BCUT2D eigenvalue weighted by molar-refractivity contribution is 5.83. The van der Waals surface area contributed by atoms with Crippen molar-refractivity contribution in [3.63, 3.8) is 0 Å². The molecule has 1 heterocycles. The summed E-state index contributed by atoms with van der Waals surface area (Å²) in [7, 11) is 0. The van der Waals surface area contributed by atoms with Crippen molar-refractivity contribution in [1.29, 1.82) is 0 Å². The second-order valence-electron chi connectivity index (χ2n) is 5.21. The number of carboxylic acids is 1. The van der Waals surface area contributed by atoms with Gasteiger partial charge in [0.1, 0.15) is 0 Å². The topological polar surface area (TPSA) is 87.7 Å². The second-order valence-corrected chi connectivity index (χ2v) is 5.21. The van der Waals surface area contributed by atoms with Crippen molar-refractivity contribution in [2.24, 2.45) is 5.92 Å². The van der Waals surface area contributed by atoms with Crippen LogP contribution in [0.15, 0.2) is 30.3 Å². The molecule has 1 aromatic rings. The molecule has 0 aliphatic carbocycles. The smallest absolute Gasteiger partial charge is 0.330 e. The van der Waals surface area contributed by atoms with Crippen LogP contribution in [0.5, 0.6) is 0 Å². The molecule has 6 heteroatoms. The van der Waals surface area contributed by atoms with Gasteiger partial charge in [-0.05, 0) is 18.9 Å². The van der Waals surface area contributed by atoms with E-state index in [-0.39, 0.29) is 12.0 Å². The minimum atomic E-state index is -1.09. The van der Waals surface area contributed by atoms with Crippen LogP contribution >= 0.6 is 0 Å². The van der Waals surface area contributed by atoms with E-state index >= 15 is 0 Å². The zero-order chi connectivity index (χ0) is 15.2. The summed E-state index contributed by atoms with van der Waals surface area (Å²) in [6.07, 6.45) is 0.905. The van der Waals surface area contributed by atoms with Gasteiger partial charge >= 0.3 is 12.0 Å². The Morgan fingerprint density at radius 1 is 1.29 bits per heavy atom. The summed E-state index contributed by atoms with van der Waals surface area (Å²) in [6.45, 7) is 3.24.